The summed E-state index contributed by atoms with van der Waals surface area (Å²) in [6.07, 6.45) is 70.0. The van der Waals surface area contributed by atoms with Crippen LogP contribution >= 0.6 is 7.82 Å². The molecule has 0 aromatic carbocycles. The maximum atomic E-state index is 13.6. The molecule has 0 aromatic rings. The fourth-order valence-electron chi connectivity index (χ4n) is 9.91. The smallest absolute Gasteiger partial charge is 0.456 e. The van der Waals surface area contributed by atoms with Crippen molar-refractivity contribution in [1.29, 1.82) is 0 Å². The average molecular weight is 1110 g/mol. The zero-order chi connectivity index (χ0) is 56.4. The van der Waals surface area contributed by atoms with Gasteiger partial charge in [0.25, 0.3) is 0 Å². The Hall–Kier alpha value is -1.77. The number of nitrogens with zero attached hydrogens (tertiary/aromatic N) is 1. The van der Waals surface area contributed by atoms with E-state index in [2.05, 4.69) is 50.4 Å². The van der Waals surface area contributed by atoms with Gasteiger partial charge in [-0.25, -0.2) is 4.57 Å². The van der Waals surface area contributed by atoms with E-state index >= 15 is 0 Å². The highest BCUT2D eigenvalue weighted by Gasteiger charge is 2.30. The van der Waals surface area contributed by atoms with Crippen LogP contribution in [-0.2, 0) is 27.9 Å². The molecule has 0 saturated heterocycles. The van der Waals surface area contributed by atoms with E-state index in [1.165, 1.54) is 231 Å². The lowest BCUT2D eigenvalue weighted by atomic mass is 10.0. The van der Waals surface area contributed by atoms with Crippen LogP contribution in [0.15, 0.2) is 36.5 Å². The van der Waals surface area contributed by atoms with E-state index in [9.17, 15) is 19.0 Å². The zero-order valence-electron chi connectivity index (χ0n) is 52.0. The van der Waals surface area contributed by atoms with Gasteiger partial charge in [0.2, 0.25) is 5.91 Å². The van der Waals surface area contributed by atoms with Gasteiger partial charge >= 0.3 is 13.8 Å². The van der Waals surface area contributed by atoms with Gasteiger partial charge in [-0.2, -0.15) is 0 Å². The second kappa shape index (κ2) is 57.5. The molecule has 0 aliphatic carbocycles. The number of amides is 1. The van der Waals surface area contributed by atoms with Gasteiger partial charge in [0, 0.05) is 12.8 Å². The van der Waals surface area contributed by atoms with Gasteiger partial charge < -0.3 is 19.4 Å². The second-order valence-corrected chi connectivity index (χ2v) is 25.5. The molecule has 1 amide bonds. The number of phosphoric acid groups is 1. The first-order valence-electron chi connectivity index (χ1n) is 33.3. The molecule has 0 aliphatic heterocycles. The molecule has 3 unspecified atom stereocenters. The predicted octanol–water partition coefficient (Wildman–Crippen LogP) is 20.7. The van der Waals surface area contributed by atoms with Gasteiger partial charge in [0.1, 0.15) is 19.3 Å². The predicted molar refractivity (Wildman–Crippen MR) is 332 cm³/mol. The van der Waals surface area contributed by atoms with Crippen molar-refractivity contribution in [2.24, 2.45) is 0 Å². The number of carbonyl (C=O) groups is 2. The molecule has 9 nitrogen and oxygen atoms in total. The fourth-order valence-corrected chi connectivity index (χ4v) is 10.7. The molecule has 0 rings (SSSR count). The van der Waals surface area contributed by atoms with E-state index in [0.717, 1.165) is 64.2 Å². The van der Waals surface area contributed by atoms with Crippen molar-refractivity contribution in [1.82, 2.24) is 5.32 Å². The first-order chi connectivity index (χ1) is 37.4. The average Bonchev–Trinajstić information content (AvgIpc) is 3.39. The van der Waals surface area contributed by atoms with Crippen molar-refractivity contribution in [2.45, 2.75) is 341 Å². The monoisotopic (exact) mass is 1110 g/mol. The molecule has 10 heteroatoms. The molecule has 2 N–H and O–H groups in total. The summed E-state index contributed by atoms with van der Waals surface area (Å²) in [4.78, 5) is 37.8. The maximum absolute atomic E-state index is 13.6. The summed E-state index contributed by atoms with van der Waals surface area (Å²) in [6, 6.07) is -0.843. The minimum atomic E-state index is -4.44. The van der Waals surface area contributed by atoms with Crippen molar-refractivity contribution in [3.8, 4) is 0 Å². The van der Waals surface area contributed by atoms with E-state index in [0.29, 0.717) is 23.9 Å². The van der Waals surface area contributed by atoms with Gasteiger partial charge in [0.15, 0.2) is 0 Å². The Labute approximate surface area is 478 Å². The van der Waals surface area contributed by atoms with Crippen LogP contribution < -0.4 is 5.32 Å². The highest BCUT2D eigenvalue weighted by molar-refractivity contribution is 7.47. The van der Waals surface area contributed by atoms with Crippen molar-refractivity contribution in [3.63, 3.8) is 0 Å². The number of allylic oxidation sites excluding steroid dienone is 5. The summed E-state index contributed by atoms with van der Waals surface area (Å²) in [7, 11) is 1.51. The molecule has 0 heterocycles. The van der Waals surface area contributed by atoms with Gasteiger partial charge in [-0.3, -0.25) is 18.6 Å². The first kappa shape index (κ1) is 75.2. The summed E-state index contributed by atoms with van der Waals surface area (Å²) in [5, 5.41) is 3.07. The lowest BCUT2D eigenvalue weighted by molar-refractivity contribution is -0.870. The van der Waals surface area contributed by atoms with Crippen LogP contribution in [0.4, 0.5) is 0 Å². The maximum Gasteiger partial charge on any atom is 0.472 e. The van der Waals surface area contributed by atoms with Gasteiger partial charge in [-0.1, -0.05) is 289 Å². The Morgan fingerprint density at radius 1 is 0.455 bits per heavy atom. The summed E-state index contributed by atoms with van der Waals surface area (Å²) in [5.74, 6) is -0.488. The van der Waals surface area contributed by atoms with Crippen LogP contribution in [0.5, 0.6) is 0 Å². The Bertz CT molecular complexity index is 1410. The summed E-state index contributed by atoms with van der Waals surface area (Å²) >= 11 is 0. The number of carbonyl (C=O) groups excluding carboxylic acids is 2. The number of nitrogens with one attached hydrogen (secondary N) is 1. The first-order valence-corrected chi connectivity index (χ1v) is 34.8. The lowest BCUT2D eigenvalue weighted by Gasteiger charge is -2.27. The van der Waals surface area contributed by atoms with E-state index < -0.39 is 20.0 Å². The molecule has 77 heavy (non-hydrogen) atoms. The molecule has 0 fully saturated rings. The number of quaternary nitrogens is 1. The van der Waals surface area contributed by atoms with Crippen LogP contribution in [-0.4, -0.2) is 74.3 Å². The van der Waals surface area contributed by atoms with Crippen LogP contribution in [0.3, 0.4) is 0 Å². The highest BCUT2D eigenvalue weighted by Crippen LogP contribution is 2.43. The lowest BCUT2D eigenvalue weighted by Crippen LogP contribution is -2.47. The van der Waals surface area contributed by atoms with E-state index in [1.807, 2.05) is 33.3 Å². The van der Waals surface area contributed by atoms with E-state index in [-0.39, 0.29) is 25.1 Å². The third-order valence-corrected chi connectivity index (χ3v) is 16.1. The van der Waals surface area contributed by atoms with Crippen LogP contribution in [0.2, 0.25) is 0 Å². The Kier molecular flexibility index (Phi) is 56.1. The molecule has 0 spiro atoms. The Balaban J connectivity index is 5.06. The topological polar surface area (TPSA) is 111 Å². The number of rotatable bonds is 61. The molecule has 0 bridgehead atoms. The summed E-state index contributed by atoms with van der Waals surface area (Å²) < 4.78 is 30.8. The summed E-state index contributed by atoms with van der Waals surface area (Å²) in [5.41, 5.74) is 0. The van der Waals surface area contributed by atoms with Crippen LogP contribution in [0.25, 0.3) is 0 Å². The SMILES string of the molecule is CCCCC/C=C\C/C=C\CCCCCCCCCCCCCCCCCC(=O)NC(COP(=O)(O)OCC[N+](C)(C)C)C(/C=C\CCCCCCCCCCCCC)OC(=O)CCCCCCCCCCCCCCC. The van der Waals surface area contributed by atoms with Crippen molar-refractivity contribution < 1.29 is 37.3 Å². The molecule has 0 aromatic heterocycles. The molecule has 3 atom stereocenters. The minimum absolute atomic E-state index is 0.0434. The Morgan fingerprint density at radius 3 is 1.19 bits per heavy atom. The fraction of sp³-hybridized carbons (Fsp3) is 0.881. The number of likely N-dealkylation sites (N-methyl/N-ethyl adjacent to an activating group) is 1. The highest BCUT2D eigenvalue weighted by atomic mass is 31.2. The number of unbranched alkanes of at least 4 members (excludes halogenated alkanes) is 41. The van der Waals surface area contributed by atoms with E-state index in [4.69, 9.17) is 13.8 Å². The van der Waals surface area contributed by atoms with Crippen LogP contribution in [0, 0.1) is 0 Å². The number of hydrogen-bond donors (Lipinski definition) is 2. The molecular formula is C67H130N2O7P+. The second-order valence-electron chi connectivity index (χ2n) is 24.0. The summed E-state index contributed by atoms with van der Waals surface area (Å²) in [6.45, 7) is 7.03. The third-order valence-electron chi connectivity index (χ3n) is 15.1. The van der Waals surface area contributed by atoms with E-state index in [1.54, 1.807) is 0 Å². The largest absolute Gasteiger partial charge is 0.472 e. The molecule has 0 aliphatic rings. The molecule has 0 radical (unpaired) electrons. The quantitative estimate of drug-likeness (QED) is 0.0205. The van der Waals surface area contributed by atoms with Crippen molar-refractivity contribution in [3.05, 3.63) is 36.5 Å². The number of esters is 1. The van der Waals surface area contributed by atoms with Crippen LogP contribution in [0.1, 0.15) is 329 Å². The Morgan fingerprint density at radius 2 is 0.792 bits per heavy atom. The molecular weight excluding hydrogens is 976 g/mol. The number of phosphoric ester groups is 1. The van der Waals surface area contributed by atoms with Crippen molar-refractivity contribution in [2.75, 3.05) is 40.9 Å². The van der Waals surface area contributed by atoms with Gasteiger partial charge in [0.05, 0.1) is 33.8 Å². The normalized spacial score (nSPS) is 13.8. The zero-order valence-corrected chi connectivity index (χ0v) is 52.9. The third kappa shape index (κ3) is 58.7. The molecule has 0 saturated carbocycles. The molecule has 454 valence electrons. The number of hydrogen-bond acceptors (Lipinski definition) is 6. The van der Waals surface area contributed by atoms with Crippen molar-refractivity contribution >= 4 is 19.7 Å². The standard InChI is InChI=1S/C67H129N2O7P/c1-7-10-13-16-19-22-25-28-29-30-31-32-33-34-35-36-37-38-39-42-44-47-50-53-56-59-66(70)68-64(63-75-77(72,73)74-62-61-69(4,5)6)65(58-55-52-49-46-43-40-26-23-20-17-14-11-8-2)76-67(71)60-57-54-51-48-45-41-27-24-21-18-15-12-9-3/h19,22,28-29,55,58,64-65H,7-18,20-21,23-27,30-54,56-57,59-63H2,1-6H3,(H-,68,70,72,73)/p+1/b22-19-,29-28-,58-55-. The van der Waals surface area contributed by atoms with Gasteiger partial charge in [-0.05, 0) is 63.9 Å². The number of ether oxygens (including phenoxy) is 1. The minimum Gasteiger partial charge on any atom is -0.456 e. The van der Waals surface area contributed by atoms with Gasteiger partial charge in [-0.15, -0.1) is 0 Å².